The van der Waals surface area contributed by atoms with Crippen LogP contribution in [0.15, 0.2) is 12.1 Å². The fourth-order valence-electron chi connectivity index (χ4n) is 1.46. The van der Waals surface area contributed by atoms with Crippen LogP contribution in [0, 0.1) is 5.41 Å². The molecule has 6 N–H and O–H groups in total. The van der Waals surface area contributed by atoms with Crippen molar-refractivity contribution in [1.29, 1.82) is 0 Å². The number of anilines is 1. The molecule has 0 saturated carbocycles. The number of hydrazine groups is 1. The minimum absolute atomic E-state index is 0.163. The number of aromatic nitrogens is 1. The Bertz CT molecular complexity index is 491. The first-order valence-corrected chi connectivity index (χ1v) is 6.36. The van der Waals surface area contributed by atoms with E-state index in [-0.39, 0.29) is 12.5 Å². The van der Waals surface area contributed by atoms with Gasteiger partial charge in [-0.05, 0) is 32.4 Å². The lowest BCUT2D eigenvalue weighted by atomic mass is 9.92. The third-order valence-corrected chi connectivity index (χ3v) is 3.01. The van der Waals surface area contributed by atoms with Gasteiger partial charge in [0.25, 0.3) is 5.91 Å². The van der Waals surface area contributed by atoms with Crippen LogP contribution in [-0.2, 0) is 11.2 Å². The van der Waals surface area contributed by atoms with Crippen molar-refractivity contribution in [2.75, 3.05) is 12.0 Å². The van der Waals surface area contributed by atoms with Crippen molar-refractivity contribution < 1.29 is 9.59 Å². The maximum Gasteiger partial charge on any atom is 0.251 e. The van der Waals surface area contributed by atoms with Gasteiger partial charge in [-0.15, -0.1) is 0 Å². The largest absolute Gasteiger partial charge is 0.369 e. The number of aryl methyl sites for hydroxylation is 1. The molecule has 1 heterocycles. The molecule has 7 heteroatoms. The zero-order chi connectivity index (χ0) is 15.3. The predicted octanol–water partition coefficient (Wildman–Crippen LogP) is 0.171. The van der Waals surface area contributed by atoms with E-state index in [0.29, 0.717) is 17.8 Å². The predicted molar refractivity (Wildman–Crippen MR) is 76.7 cm³/mol. The summed E-state index contributed by atoms with van der Waals surface area (Å²) < 4.78 is 0. The van der Waals surface area contributed by atoms with E-state index in [1.165, 1.54) is 0 Å². The van der Waals surface area contributed by atoms with E-state index < -0.39 is 11.3 Å². The van der Waals surface area contributed by atoms with E-state index in [4.69, 9.17) is 11.6 Å². The third kappa shape index (κ3) is 3.92. The first-order valence-electron chi connectivity index (χ1n) is 6.36. The van der Waals surface area contributed by atoms with E-state index in [1.807, 2.05) is 6.92 Å². The second-order valence-corrected chi connectivity index (χ2v) is 5.16. The van der Waals surface area contributed by atoms with E-state index in [0.717, 1.165) is 5.69 Å². The number of pyridine rings is 1. The summed E-state index contributed by atoms with van der Waals surface area (Å²) in [6, 6.07) is 3.24. The molecule has 7 nitrogen and oxygen atoms in total. The Morgan fingerprint density at radius 3 is 2.50 bits per heavy atom. The molecule has 2 amide bonds. The average Bonchev–Trinajstić information content (AvgIpc) is 2.43. The van der Waals surface area contributed by atoms with Gasteiger partial charge < -0.3 is 16.5 Å². The fraction of sp³-hybridized carbons (Fsp3) is 0.462. The van der Waals surface area contributed by atoms with Crippen molar-refractivity contribution in [2.24, 2.45) is 17.0 Å². The molecule has 0 spiro atoms. The van der Waals surface area contributed by atoms with Gasteiger partial charge in [0, 0.05) is 17.8 Å². The van der Waals surface area contributed by atoms with Crippen LogP contribution in [0.25, 0.3) is 0 Å². The molecular formula is C13H21N5O2. The molecule has 20 heavy (non-hydrogen) atoms. The second kappa shape index (κ2) is 6.33. The van der Waals surface area contributed by atoms with Gasteiger partial charge in [-0.3, -0.25) is 9.59 Å². The molecule has 0 fully saturated rings. The average molecular weight is 279 g/mol. The number of hydrogen-bond acceptors (Lipinski definition) is 5. The summed E-state index contributed by atoms with van der Waals surface area (Å²) in [7, 11) is 0. The minimum Gasteiger partial charge on any atom is -0.369 e. The van der Waals surface area contributed by atoms with Crippen molar-refractivity contribution in [3.8, 4) is 0 Å². The molecule has 1 aromatic rings. The zero-order valence-corrected chi connectivity index (χ0v) is 12.0. The van der Waals surface area contributed by atoms with Gasteiger partial charge in [-0.1, -0.05) is 6.92 Å². The lowest BCUT2D eigenvalue weighted by Gasteiger charge is -2.20. The summed E-state index contributed by atoms with van der Waals surface area (Å²) in [5.41, 5.74) is 8.07. The Labute approximate surface area is 118 Å². The summed E-state index contributed by atoms with van der Waals surface area (Å²) in [6.45, 7) is 5.44. The molecule has 0 aromatic carbocycles. The Balaban J connectivity index is 2.85. The van der Waals surface area contributed by atoms with E-state index in [2.05, 4.69) is 15.7 Å². The van der Waals surface area contributed by atoms with E-state index in [1.54, 1.807) is 26.0 Å². The van der Waals surface area contributed by atoms with Gasteiger partial charge in [0.05, 0.1) is 5.41 Å². The van der Waals surface area contributed by atoms with Crippen LogP contribution in [0.1, 0.15) is 36.8 Å². The quantitative estimate of drug-likeness (QED) is 0.436. The molecule has 0 aliphatic carbocycles. The highest BCUT2D eigenvalue weighted by atomic mass is 16.2. The highest BCUT2D eigenvalue weighted by Crippen LogP contribution is 2.14. The molecule has 0 aliphatic heterocycles. The standard InChI is InChI=1S/C13H21N5O2/c1-4-9-5-8(6-10(17-9)18-15)11(19)16-7-13(2,3)12(14)20/h5-6H,4,7,15H2,1-3H3,(H2,14,20)(H,16,19)(H,17,18). The molecular weight excluding hydrogens is 258 g/mol. The summed E-state index contributed by atoms with van der Waals surface area (Å²) in [4.78, 5) is 27.5. The van der Waals surface area contributed by atoms with Crippen molar-refractivity contribution >= 4 is 17.6 Å². The number of nitrogen functional groups attached to an aromatic ring is 1. The highest BCUT2D eigenvalue weighted by Gasteiger charge is 2.25. The summed E-state index contributed by atoms with van der Waals surface area (Å²) in [5, 5.41) is 2.69. The Morgan fingerprint density at radius 2 is 2.00 bits per heavy atom. The maximum atomic E-state index is 12.1. The Kier molecular flexibility index (Phi) is 5.04. The first-order chi connectivity index (χ1) is 9.30. The van der Waals surface area contributed by atoms with Crippen LogP contribution in [0.2, 0.25) is 0 Å². The molecule has 110 valence electrons. The molecule has 0 radical (unpaired) electrons. The molecule has 0 aliphatic rings. The number of rotatable bonds is 6. The SMILES string of the molecule is CCc1cc(C(=O)NCC(C)(C)C(N)=O)cc(NN)n1. The third-order valence-electron chi connectivity index (χ3n) is 3.01. The maximum absolute atomic E-state index is 12.1. The molecule has 0 saturated heterocycles. The van der Waals surface area contributed by atoms with Crippen LogP contribution in [0.3, 0.4) is 0 Å². The number of amides is 2. The molecule has 0 unspecified atom stereocenters. The number of nitrogens with one attached hydrogen (secondary N) is 2. The molecule has 0 bridgehead atoms. The molecule has 1 rings (SSSR count). The van der Waals surface area contributed by atoms with Crippen LogP contribution in [-0.4, -0.2) is 23.3 Å². The van der Waals surface area contributed by atoms with Crippen molar-refractivity contribution in [3.63, 3.8) is 0 Å². The topological polar surface area (TPSA) is 123 Å². The second-order valence-electron chi connectivity index (χ2n) is 5.16. The van der Waals surface area contributed by atoms with Crippen LogP contribution in [0.4, 0.5) is 5.82 Å². The lowest BCUT2D eigenvalue weighted by molar-refractivity contribution is -0.125. The number of carbonyl (C=O) groups is 2. The Hall–Kier alpha value is -2.15. The number of primary amides is 1. The minimum atomic E-state index is -0.800. The lowest BCUT2D eigenvalue weighted by Crippen LogP contribution is -2.42. The Morgan fingerprint density at radius 1 is 1.35 bits per heavy atom. The van der Waals surface area contributed by atoms with Gasteiger partial charge in [-0.2, -0.15) is 0 Å². The number of hydrogen-bond donors (Lipinski definition) is 4. The molecule has 0 atom stereocenters. The smallest absolute Gasteiger partial charge is 0.251 e. The number of nitrogens with two attached hydrogens (primary N) is 2. The van der Waals surface area contributed by atoms with Gasteiger partial charge in [0.1, 0.15) is 5.82 Å². The summed E-state index contributed by atoms with van der Waals surface area (Å²) in [5.74, 6) is 4.98. The van der Waals surface area contributed by atoms with Crippen molar-refractivity contribution in [1.82, 2.24) is 10.3 Å². The van der Waals surface area contributed by atoms with Crippen LogP contribution in [0.5, 0.6) is 0 Å². The monoisotopic (exact) mass is 279 g/mol. The fourth-order valence-corrected chi connectivity index (χ4v) is 1.46. The zero-order valence-electron chi connectivity index (χ0n) is 12.0. The van der Waals surface area contributed by atoms with Gasteiger partial charge in [0.15, 0.2) is 0 Å². The number of nitrogens with zero attached hydrogens (tertiary/aromatic N) is 1. The first kappa shape index (κ1) is 15.9. The van der Waals surface area contributed by atoms with E-state index in [9.17, 15) is 9.59 Å². The van der Waals surface area contributed by atoms with Gasteiger partial charge >= 0.3 is 0 Å². The molecule has 1 aromatic heterocycles. The summed E-state index contributed by atoms with van der Waals surface area (Å²) in [6.07, 6.45) is 0.683. The normalized spacial score (nSPS) is 11.0. The van der Waals surface area contributed by atoms with Crippen LogP contribution >= 0.6 is 0 Å². The van der Waals surface area contributed by atoms with Gasteiger partial charge in [0.2, 0.25) is 5.91 Å². The van der Waals surface area contributed by atoms with Crippen molar-refractivity contribution in [2.45, 2.75) is 27.2 Å². The van der Waals surface area contributed by atoms with Gasteiger partial charge in [-0.25, -0.2) is 10.8 Å². The highest BCUT2D eigenvalue weighted by molar-refractivity contribution is 5.95. The number of carbonyl (C=O) groups excluding carboxylic acids is 2. The van der Waals surface area contributed by atoms with E-state index >= 15 is 0 Å². The summed E-state index contributed by atoms with van der Waals surface area (Å²) >= 11 is 0. The van der Waals surface area contributed by atoms with Crippen LogP contribution < -0.4 is 22.3 Å². The van der Waals surface area contributed by atoms with Crippen molar-refractivity contribution in [3.05, 3.63) is 23.4 Å².